The minimum atomic E-state index is -0.00879. The summed E-state index contributed by atoms with van der Waals surface area (Å²) < 4.78 is 5.78. The van der Waals surface area contributed by atoms with Crippen LogP contribution in [0, 0.1) is 19.8 Å². The molecule has 0 spiro atoms. The topological polar surface area (TPSA) is 67.0 Å². The van der Waals surface area contributed by atoms with Crippen LogP contribution in [0.5, 0.6) is 0 Å². The molecule has 2 bridgehead atoms. The molecule has 2 saturated heterocycles. The summed E-state index contributed by atoms with van der Waals surface area (Å²) in [4.78, 5) is 20.3. The predicted octanol–water partition coefficient (Wildman–Crippen LogP) is 3.20. The Morgan fingerprint density at radius 3 is 2.87 bits per heavy atom. The van der Waals surface area contributed by atoms with E-state index < -0.39 is 0 Å². The molecule has 3 atom stereocenters. The first-order valence-corrected chi connectivity index (χ1v) is 8.20. The van der Waals surface area contributed by atoms with Gasteiger partial charge in [-0.25, -0.2) is 4.98 Å². The van der Waals surface area contributed by atoms with Gasteiger partial charge in [-0.2, -0.15) is 0 Å². The second kappa shape index (κ2) is 5.49. The van der Waals surface area contributed by atoms with Gasteiger partial charge >= 0.3 is 0 Å². The minimum Gasteiger partial charge on any atom is -0.374 e. The van der Waals surface area contributed by atoms with Crippen LogP contribution in [0.15, 0.2) is 24.3 Å². The Morgan fingerprint density at radius 1 is 1.35 bits per heavy atom. The number of benzene rings is 1. The molecule has 2 N–H and O–H groups in total. The Kier molecular flexibility index (Phi) is 3.45. The molecule has 1 aromatic carbocycles. The third-order valence-electron chi connectivity index (χ3n) is 4.97. The summed E-state index contributed by atoms with van der Waals surface area (Å²) in [7, 11) is 0. The molecule has 0 radical (unpaired) electrons. The van der Waals surface area contributed by atoms with Crippen LogP contribution in [0.1, 0.15) is 30.7 Å². The number of aromatic amines is 1. The number of hydrogen-bond donors (Lipinski definition) is 2. The van der Waals surface area contributed by atoms with E-state index in [4.69, 9.17) is 4.74 Å². The highest BCUT2D eigenvalue weighted by Gasteiger charge is 2.44. The van der Waals surface area contributed by atoms with Crippen molar-refractivity contribution in [1.82, 2.24) is 9.97 Å². The molecule has 120 valence electrons. The number of aryl methyl sites for hydroxylation is 2. The lowest BCUT2D eigenvalue weighted by molar-refractivity contribution is -0.121. The second-order valence-corrected chi connectivity index (χ2v) is 6.58. The van der Waals surface area contributed by atoms with Gasteiger partial charge in [-0.05, 0) is 45.2 Å². The molecule has 3 heterocycles. The highest BCUT2D eigenvalue weighted by molar-refractivity contribution is 5.93. The van der Waals surface area contributed by atoms with E-state index in [9.17, 15) is 4.79 Å². The van der Waals surface area contributed by atoms with Gasteiger partial charge in [0.15, 0.2) is 0 Å². The number of amides is 1. The van der Waals surface area contributed by atoms with Crippen LogP contribution in [0.2, 0.25) is 0 Å². The zero-order chi connectivity index (χ0) is 16.0. The molecule has 4 rings (SSSR count). The molecule has 0 unspecified atom stereocenters. The fraction of sp³-hybridized carbons (Fsp3) is 0.444. The van der Waals surface area contributed by atoms with Gasteiger partial charge in [-0.3, -0.25) is 4.79 Å². The van der Waals surface area contributed by atoms with E-state index in [0.29, 0.717) is 0 Å². The third-order valence-corrected chi connectivity index (χ3v) is 4.97. The first kappa shape index (κ1) is 14.5. The van der Waals surface area contributed by atoms with Crippen LogP contribution in [0.4, 0.5) is 5.69 Å². The quantitative estimate of drug-likeness (QED) is 0.914. The molecule has 0 saturated carbocycles. The number of carbonyl (C=O) groups excluding carboxylic acids is 1. The fourth-order valence-corrected chi connectivity index (χ4v) is 3.58. The van der Waals surface area contributed by atoms with Crippen LogP contribution in [-0.4, -0.2) is 28.1 Å². The number of anilines is 1. The zero-order valence-corrected chi connectivity index (χ0v) is 13.4. The van der Waals surface area contributed by atoms with Crippen molar-refractivity contribution in [3.63, 3.8) is 0 Å². The van der Waals surface area contributed by atoms with E-state index in [0.717, 1.165) is 47.7 Å². The average molecular weight is 311 g/mol. The number of imidazole rings is 1. The van der Waals surface area contributed by atoms with Crippen LogP contribution in [-0.2, 0) is 9.53 Å². The molecule has 2 aromatic rings. The lowest BCUT2D eigenvalue weighted by Gasteiger charge is -2.18. The molecule has 1 amide bonds. The number of aromatic nitrogens is 2. The van der Waals surface area contributed by atoms with Crippen molar-refractivity contribution < 1.29 is 9.53 Å². The standard InChI is InChI=1S/C18H21N3O2/c1-10-11(2)20-17(19-10)12-4-3-5-13(8-12)21-18(22)15-9-14-6-7-16(15)23-14/h3-5,8,14-16H,6-7,9H2,1-2H3,(H,19,20)(H,21,22)/t14-,15+,16-/m1/s1. The van der Waals surface area contributed by atoms with Gasteiger partial charge in [0.05, 0.1) is 23.8 Å². The van der Waals surface area contributed by atoms with Crippen molar-refractivity contribution in [3.8, 4) is 11.4 Å². The third kappa shape index (κ3) is 2.65. The number of nitrogens with zero attached hydrogens (tertiary/aromatic N) is 1. The number of carbonyl (C=O) groups is 1. The smallest absolute Gasteiger partial charge is 0.230 e. The van der Waals surface area contributed by atoms with Crippen molar-refractivity contribution in [2.24, 2.45) is 5.92 Å². The van der Waals surface area contributed by atoms with Gasteiger partial charge in [0.25, 0.3) is 0 Å². The molecule has 23 heavy (non-hydrogen) atoms. The van der Waals surface area contributed by atoms with Crippen LogP contribution in [0.3, 0.4) is 0 Å². The maximum atomic E-state index is 12.5. The monoisotopic (exact) mass is 311 g/mol. The SMILES string of the molecule is Cc1nc(-c2cccc(NC(=O)[C@H]3C[C@H]4CC[C@H]3O4)c2)[nH]c1C. The van der Waals surface area contributed by atoms with Crippen LogP contribution >= 0.6 is 0 Å². The Labute approximate surface area is 135 Å². The van der Waals surface area contributed by atoms with E-state index in [-0.39, 0.29) is 24.0 Å². The van der Waals surface area contributed by atoms with E-state index in [1.54, 1.807) is 0 Å². The van der Waals surface area contributed by atoms with E-state index in [2.05, 4.69) is 15.3 Å². The van der Waals surface area contributed by atoms with Gasteiger partial charge in [0.1, 0.15) is 5.82 Å². The number of hydrogen-bond acceptors (Lipinski definition) is 3. The summed E-state index contributed by atoms with van der Waals surface area (Å²) in [5.74, 6) is 0.894. The van der Waals surface area contributed by atoms with E-state index in [1.807, 2.05) is 38.1 Å². The molecular weight excluding hydrogens is 290 g/mol. The predicted molar refractivity (Wildman–Crippen MR) is 88.1 cm³/mol. The van der Waals surface area contributed by atoms with Crippen molar-refractivity contribution in [2.75, 3.05) is 5.32 Å². The summed E-state index contributed by atoms with van der Waals surface area (Å²) in [6, 6.07) is 7.81. The second-order valence-electron chi connectivity index (χ2n) is 6.58. The largest absolute Gasteiger partial charge is 0.374 e. The number of nitrogens with one attached hydrogen (secondary N) is 2. The van der Waals surface area contributed by atoms with Gasteiger partial charge < -0.3 is 15.0 Å². The van der Waals surface area contributed by atoms with Crippen molar-refractivity contribution in [1.29, 1.82) is 0 Å². The van der Waals surface area contributed by atoms with E-state index in [1.165, 1.54) is 0 Å². The van der Waals surface area contributed by atoms with Gasteiger partial charge in [0, 0.05) is 16.9 Å². The summed E-state index contributed by atoms with van der Waals surface area (Å²) in [6.45, 7) is 3.99. The molecule has 5 heteroatoms. The first-order chi connectivity index (χ1) is 11.1. The first-order valence-electron chi connectivity index (χ1n) is 8.20. The Morgan fingerprint density at radius 2 is 2.22 bits per heavy atom. The van der Waals surface area contributed by atoms with Crippen molar-refractivity contribution in [3.05, 3.63) is 35.7 Å². The number of ether oxygens (including phenoxy) is 1. The van der Waals surface area contributed by atoms with Crippen LogP contribution in [0.25, 0.3) is 11.4 Å². The van der Waals surface area contributed by atoms with Crippen LogP contribution < -0.4 is 5.32 Å². The normalized spacial score (nSPS) is 25.7. The molecule has 2 fully saturated rings. The summed E-state index contributed by atoms with van der Waals surface area (Å²) >= 11 is 0. The van der Waals surface area contributed by atoms with Gasteiger partial charge in [-0.1, -0.05) is 12.1 Å². The number of fused-ring (bicyclic) bond motifs is 2. The molecule has 0 aliphatic carbocycles. The van der Waals surface area contributed by atoms with Crippen molar-refractivity contribution in [2.45, 2.75) is 45.3 Å². The Bertz CT molecular complexity index is 733. The van der Waals surface area contributed by atoms with E-state index >= 15 is 0 Å². The Balaban J connectivity index is 1.51. The molecule has 1 aromatic heterocycles. The summed E-state index contributed by atoms with van der Waals surface area (Å²) in [5.41, 5.74) is 3.84. The maximum Gasteiger partial charge on any atom is 0.230 e. The number of H-pyrrole nitrogens is 1. The van der Waals surface area contributed by atoms with Gasteiger partial charge in [0.2, 0.25) is 5.91 Å². The minimum absolute atomic E-state index is 0.00879. The van der Waals surface area contributed by atoms with Gasteiger partial charge in [-0.15, -0.1) is 0 Å². The highest BCUT2D eigenvalue weighted by atomic mass is 16.5. The maximum absolute atomic E-state index is 12.5. The molecule has 2 aliphatic rings. The van der Waals surface area contributed by atoms with Crippen molar-refractivity contribution >= 4 is 11.6 Å². The average Bonchev–Trinajstić information content (AvgIpc) is 3.24. The lowest BCUT2D eigenvalue weighted by Crippen LogP contribution is -2.30. The number of rotatable bonds is 3. The molecule has 2 aliphatic heterocycles. The molecule has 5 nitrogen and oxygen atoms in total. The lowest BCUT2D eigenvalue weighted by atomic mass is 9.88. The highest BCUT2D eigenvalue weighted by Crippen LogP contribution is 2.39. The fourth-order valence-electron chi connectivity index (χ4n) is 3.58. The summed E-state index contributed by atoms with van der Waals surface area (Å²) in [6.07, 6.45) is 3.36. The zero-order valence-electron chi connectivity index (χ0n) is 13.4. The Hall–Kier alpha value is -2.14. The summed E-state index contributed by atoms with van der Waals surface area (Å²) in [5, 5.41) is 3.04. The molecular formula is C18H21N3O2.